The van der Waals surface area contributed by atoms with Gasteiger partial charge in [-0.15, -0.1) is 0 Å². The van der Waals surface area contributed by atoms with E-state index >= 15 is 0 Å². The van der Waals surface area contributed by atoms with Gasteiger partial charge in [0.1, 0.15) is 0 Å². The lowest BCUT2D eigenvalue weighted by molar-refractivity contribution is 0.0880. The molecule has 2 rings (SSSR count). The molecule has 1 aliphatic rings. The van der Waals surface area contributed by atoms with Gasteiger partial charge in [-0.1, -0.05) is 36.7 Å². The summed E-state index contributed by atoms with van der Waals surface area (Å²) >= 11 is 3.48. The molecule has 0 aromatic heterocycles. The number of hydrogen-bond acceptors (Lipinski definition) is 2. The van der Waals surface area contributed by atoms with Gasteiger partial charge in [0.15, 0.2) is 8.32 Å². The topological polar surface area (TPSA) is 38.3 Å². The summed E-state index contributed by atoms with van der Waals surface area (Å²) in [6.45, 7) is 13.5. The van der Waals surface area contributed by atoms with Crippen molar-refractivity contribution < 1.29 is 9.22 Å². The van der Waals surface area contributed by atoms with Crippen molar-refractivity contribution in [1.29, 1.82) is 0 Å². The van der Waals surface area contributed by atoms with Gasteiger partial charge in [0.2, 0.25) is 0 Å². The van der Waals surface area contributed by atoms with Crippen LogP contribution in [0.1, 0.15) is 62.4 Å². The molecule has 5 heteroatoms. The minimum Gasteiger partial charge on any atom is -0.414 e. The van der Waals surface area contributed by atoms with Crippen LogP contribution in [0, 0.1) is 6.92 Å². The fourth-order valence-corrected chi connectivity index (χ4v) is 4.64. The molecule has 0 heterocycles. The third-order valence-electron chi connectivity index (χ3n) is 5.70. The van der Waals surface area contributed by atoms with Gasteiger partial charge in [0.25, 0.3) is 5.91 Å². The van der Waals surface area contributed by atoms with Gasteiger partial charge in [-0.25, -0.2) is 0 Å². The molecule has 0 spiro atoms. The summed E-state index contributed by atoms with van der Waals surface area (Å²) in [5, 5.41) is 3.44. The molecule has 0 atom stereocenters. The maximum Gasteiger partial charge on any atom is 0.251 e. The summed E-state index contributed by atoms with van der Waals surface area (Å²) in [7, 11) is -1.70. The number of nitrogens with one attached hydrogen (secondary N) is 1. The zero-order chi connectivity index (χ0) is 18.8. The predicted octanol–water partition coefficient (Wildman–Crippen LogP) is 5.82. The van der Waals surface area contributed by atoms with E-state index in [1.807, 2.05) is 25.1 Å². The molecule has 1 N–H and O–H groups in total. The highest BCUT2D eigenvalue weighted by Gasteiger charge is 2.39. The van der Waals surface area contributed by atoms with Crippen LogP contribution in [0.15, 0.2) is 22.7 Å². The molecule has 1 aromatic carbocycles. The zero-order valence-corrected chi connectivity index (χ0v) is 19.0. The van der Waals surface area contributed by atoms with Gasteiger partial charge in [-0.3, -0.25) is 4.79 Å². The van der Waals surface area contributed by atoms with Gasteiger partial charge in [-0.05, 0) is 74.5 Å². The van der Waals surface area contributed by atoms with Crippen molar-refractivity contribution in [2.24, 2.45) is 0 Å². The molecule has 0 bridgehead atoms. The molecule has 1 aromatic rings. The minimum absolute atomic E-state index is 0.0318. The Morgan fingerprint density at radius 1 is 1.20 bits per heavy atom. The summed E-state index contributed by atoms with van der Waals surface area (Å²) in [6, 6.07) is 6.01. The van der Waals surface area contributed by atoms with Crippen LogP contribution in [0.4, 0.5) is 0 Å². The average Bonchev–Trinajstić information content (AvgIpc) is 2.50. The summed E-state index contributed by atoms with van der Waals surface area (Å²) < 4.78 is 7.57. The minimum atomic E-state index is -1.70. The van der Waals surface area contributed by atoms with Crippen LogP contribution in [-0.2, 0) is 4.43 Å². The van der Waals surface area contributed by atoms with Crippen molar-refractivity contribution >= 4 is 30.2 Å². The molecule has 1 amide bonds. The number of benzene rings is 1. The number of aryl methyl sites for hydroxylation is 1. The predicted molar refractivity (Wildman–Crippen MR) is 111 cm³/mol. The molecular weight excluding hydrogens is 394 g/mol. The molecule has 140 valence electrons. The second-order valence-electron chi connectivity index (χ2n) is 8.79. The third kappa shape index (κ3) is 5.41. The Labute approximate surface area is 162 Å². The normalized spacial score (nSPS) is 21.9. The largest absolute Gasteiger partial charge is 0.414 e. The summed E-state index contributed by atoms with van der Waals surface area (Å²) in [4.78, 5) is 12.5. The van der Waals surface area contributed by atoms with Gasteiger partial charge in [0, 0.05) is 22.2 Å². The van der Waals surface area contributed by atoms with E-state index in [4.69, 9.17) is 4.43 Å². The molecule has 1 aliphatic carbocycles. The second kappa shape index (κ2) is 7.93. The highest BCUT2D eigenvalue weighted by Crippen LogP contribution is 2.39. The standard InChI is InChI=1S/C20H32BrNO2Si/c1-14-13-15(7-12-18(14)21)19(23)22-16-8-10-17(11-9-16)24-25(5,6)20(2,3)4/h7,12-13,16-17H,8-11H2,1-6H3,(H,22,23)/t16-,17-. The first-order valence-electron chi connectivity index (χ1n) is 9.24. The maximum absolute atomic E-state index is 12.5. The SMILES string of the molecule is Cc1cc(C(=O)N[C@H]2CC[C@H](O[Si](C)(C)C(C)(C)C)CC2)ccc1Br. The van der Waals surface area contributed by atoms with Crippen LogP contribution in [0.5, 0.6) is 0 Å². The van der Waals surface area contributed by atoms with Crippen molar-refractivity contribution in [1.82, 2.24) is 5.32 Å². The van der Waals surface area contributed by atoms with E-state index in [1.165, 1.54) is 0 Å². The number of rotatable bonds is 4. The molecular formula is C20H32BrNO2Si. The Morgan fingerprint density at radius 2 is 1.80 bits per heavy atom. The van der Waals surface area contributed by atoms with E-state index in [0.717, 1.165) is 41.3 Å². The number of halogens is 1. The van der Waals surface area contributed by atoms with Crippen LogP contribution >= 0.6 is 15.9 Å². The van der Waals surface area contributed by atoms with Gasteiger partial charge in [-0.2, -0.15) is 0 Å². The van der Waals surface area contributed by atoms with Gasteiger partial charge < -0.3 is 9.74 Å². The highest BCUT2D eigenvalue weighted by atomic mass is 79.9. The molecule has 1 saturated carbocycles. The summed E-state index contributed by atoms with van der Waals surface area (Å²) in [6.07, 6.45) is 4.43. The lowest BCUT2D eigenvalue weighted by Gasteiger charge is -2.41. The molecule has 3 nitrogen and oxygen atoms in total. The van der Waals surface area contributed by atoms with Crippen LogP contribution in [0.3, 0.4) is 0 Å². The average molecular weight is 426 g/mol. The second-order valence-corrected chi connectivity index (χ2v) is 14.4. The maximum atomic E-state index is 12.5. The lowest BCUT2D eigenvalue weighted by Crippen LogP contribution is -2.46. The Hall–Kier alpha value is -0.653. The van der Waals surface area contributed by atoms with E-state index < -0.39 is 8.32 Å². The zero-order valence-electron chi connectivity index (χ0n) is 16.4. The van der Waals surface area contributed by atoms with E-state index in [9.17, 15) is 4.79 Å². The Balaban J connectivity index is 1.86. The number of carbonyl (C=O) groups is 1. The monoisotopic (exact) mass is 425 g/mol. The van der Waals surface area contributed by atoms with Crippen molar-refractivity contribution in [2.75, 3.05) is 0 Å². The van der Waals surface area contributed by atoms with Crippen molar-refractivity contribution in [3.63, 3.8) is 0 Å². The molecule has 25 heavy (non-hydrogen) atoms. The smallest absolute Gasteiger partial charge is 0.251 e. The van der Waals surface area contributed by atoms with Crippen LogP contribution in [0.2, 0.25) is 18.1 Å². The fourth-order valence-electron chi connectivity index (χ4n) is 2.97. The van der Waals surface area contributed by atoms with Gasteiger partial charge in [0.05, 0.1) is 0 Å². The quantitative estimate of drug-likeness (QED) is 0.616. The molecule has 0 radical (unpaired) electrons. The van der Waals surface area contributed by atoms with Crippen molar-refractivity contribution in [2.45, 2.75) is 83.7 Å². The number of amides is 1. The summed E-state index contributed by atoms with van der Waals surface area (Å²) in [5.74, 6) is 0.0318. The van der Waals surface area contributed by atoms with E-state index in [2.05, 4.69) is 55.1 Å². The highest BCUT2D eigenvalue weighted by molar-refractivity contribution is 9.10. The van der Waals surface area contributed by atoms with E-state index in [1.54, 1.807) is 0 Å². The molecule has 0 aliphatic heterocycles. The first-order chi connectivity index (χ1) is 11.5. The number of carbonyl (C=O) groups excluding carboxylic acids is 1. The fraction of sp³-hybridized carbons (Fsp3) is 0.650. The van der Waals surface area contributed by atoms with E-state index in [0.29, 0.717) is 6.10 Å². The Bertz CT molecular complexity index is 617. The third-order valence-corrected chi connectivity index (χ3v) is 11.1. The van der Waals surface area contributed by atoms with Crippen LogP contribution < -0.4 is 5.32 Å². The van der Waals surface area contributed by atoms with Crippen LogP contribution in [0.25, 0.3) is 0 Å². The first kappa shape index (κ1) is 20.7. The van der Waals surface area contributed by atoms with Crippen LogP contribution in [-0.4, -0.2) is 26.4 Å². The van der Waals surface area contributed by atoms with E-state index in [-0.39, 0.29) is 17.0 Å². The number of hydrogen-bond donors (Lipinski definition) is 1. The Kier molecular flexibility index (Phi) is 6.55. The summed E-state index contributed by atoms with van der Waals surface area (Å²) in [5.41, 5.74) is 1.82. The molecule has 0 saturated heterocycles. The van der Waals surface area contributed by atoms with Crippen molar-refractivity contribution in [3.8, 4) is 0 Å². The Morgan fingerprint density at radius 3 is 2.32 bits per heavy atom. The lowest BCUT2D eigenvalue weighted by atomic mass is 9.93. The first-order valence-corrected chi connectivity index (χ1v) is 12.9. The molecule has 1 fully saturated rings. The molecule has 0 unspecified atom stereocenters. The van der Waals surface area contributed by atoms with Gasteiger partial charge >= 0.3 is 0 Å². The van der Waals surface area contributed by atoms with Crippen molar-refractivity contribution in [3.05, 3.63) is 33.8 Å².